The van der Waals surface area contributed by atoms with Crippen LogP contribution >= 0.6 is 11.8 Å². The number of fused-ring (bicyclic) bond motifs is 1. The van der Waals surface area contributed by atoms with E-state index in [4.69, 9.17) is 0 Å². The van der Waals surface area contributed by atoms with Gasteiger partial charge in [0.15, 0.2) is 0 Å². The summed E-state index contributed by atoms with van der Waals surface area (Å²) in [6.07, 6.45) is 3.78. The summed E-state index contributed by atoms with van der Waals surface area (Å²) in [5.41, 5.74) is 2.43. The number of nitro groups is 1. The first kappa shape index (κ1) is 14.5. The predicted octanol–water partition coefficient (Wildman–Crippen LogP) is 4.58. The normalized spacial score (nSPS) is 10.7. The molecule has 0 aliphatic heterocycles. The van der Waals surface area contributed by atoms with Crippen LogP contribution in [0.3, 0.4) is 0 Å². The first-order valence-corrected chi connectivity index (χ1v) is 8.02. The van der Waals surface area contributed by atoms with Crippen LogP contribution in [0.15, 0.2) is 60.9 Å². The average Bonchev–Trinajstić information content (AvgIpc) is 2.55. The van der Waals surface area contributed by atoms with Crippen molar-refractivity contribution >= 4 is 28.2 Å². The smallest absolute Gasteiger partial charge is 0.264 e. The Kier molecular flexibility index (Phi) is 4.34. The number of hydrogen-bond donors (Lipinski definition) is 0. The van der Waals surface area contributed by atoms with Crippen LogP contribution in [-0.2, 0) is 11.5 Å². The first-order chi connectivity index (χ1) is 10.7. The zero-order valence-corrected chi connectivity index (χ0v) is 12.6. The lowest BCUT2D eigenvalue weighted by Crippen LogP contribution is -1.89. The number of nitro benzene ring substituents is 1. The van der Waals surface area contributed by atoms with E-state index in [-0.39, 0.29) is 10.6 Å². The van der Waals surface area contributed by atoms with Crippen LogP contribution in [0, 0.1) is 10.1 Å². The number of nitrogens with zero attached hydrogens (tertiary/aromatic N) is 2. The molecule has 0 atom stereocenters. The van der Waals surface area contributed by atoms with Gasteiger partial charge in [-0.3, -0.25) is 15.1 Å². The minimum absolute atomic E-state index is 0.131. The maximum Gasteiger partial charge on any atom is 0.269 e. The van der Waals surface area contributed by atoms with E-state index in [9.17, 15) is 10.1 Å². The molecule has 5 heteroatoms. The first-order valence-electron chi connectivity index (χ1n) is 6.87. The highest BCUT2D eigenvalue weighted by Gasteiger charge is 2.05. The zero-order valence-electron chi connectivity index (χ0n) is 11.8. The lowest BCUT2D eigenvalue weighted by atomic mass is 10.1. The minimum Gasteiger partial charge on any atom is -0.264 e. The van der Waals surface area contributed by atoms with Gasteiger partial charge in [-0.25, -0.2) is 0 Å². The Hall–Kier alpha value is -2.40. The van der Waals surface area contributed by atoms with Crippen LogP contribution in [0.4, 0.5) is 5.69 Å². The van der Waals surface area contributed by atoms with E-state index in [1.807, 2.05) is 36.7 Å². The fourth-order valence-electron chi connectivity index (χ4n) is 2.29. The van der Waals surface area contributed by atoms with Crippen molar-refractivity contribution in [1.82, 2.24) is 4.98 Å². The van der Waals surface area contributed by atoms with Crippen LogP contribution in [0.5, 0.6) is 0 Å². The van der Waals surface area contributed by atoms with Crippen molar-refractivity contribution in [2.24, 2.45) is 0 Å². The molecule has 0 bridgehead atoms. The maximum atomic E-state index is 10.6. The van der Waals surface area contributed by atoms with Gasteiger partial charge >= 0.3 is 0 Å². The Morgan fingerprint density at radius 3 is 2.55 bits per heavy atom. The molecule has 1 heterocycles. The Balaban J connectivity index is 1.66. The summed E-state index contributed by atoms with van der Waals surface area (Å²) < 4.78 is 0. The summed E-state index contributed by atoms with van der Waals surface area (Å²) in [4.78, 5) is 14.5. The van der Waals surface area contributed by atoms with Gasteiger partial charge in [0.05, 0.1) is 4.92 Å². The molecule has 0 N–H and O–H groups in total. The van der Waals surface area contributed by atoms with E-state index in [0.29, 0.717) is 0 Å². The van der Waals surface area contributed by atoms with Crippen molar-refractivity contribution in [1.29, 1.82) is 0 Å². The summed E-state index contributed by atoms with van der Waals surface area (Å²) in [6, 6.07) is 14.9. The molecule has 3 rings (SSSR count). The molecule has 2 aromatic carbocycles. The SMILES string of the molecule is O=[N+]([O-])c1ccc(CSCc2cncc3ccccc23)cc1. The van der Waals surface area contributed by atoms with Crippen molar-refractivity contribution in [2.45, 2.75) is 11.5 Å². The number of non-ortho nitro benzene ring substituents is 1. The van der Waals surface area contributed by atoms with E-state index in [0.717, 1.165) is 22.5 Å². The van der Waals surface area contributed by atoms with Gasteiger partial charge in [0, 0.05) is 41.4 Å². The van der Waals surface area contributed by atoms with E-state index < -0.39 is 0 Å². The molecule has 0 unspecified atom stereocenters. The van der Waals surface area contributed by atoms with Crippen LogP contribution in [-0.4, -0.2) is 9.91 Å². The maximum absolute atomic E-state index is 10.6. The molecule has 0 aliphatic rings. The summed E-state index contributed by atoms with van der Waals surface area (Å²) in [5, 5.41) is 13.0. The number of pyridine rings is 1. The second-order valence-corrected chi connectivity index (χ2v) is 5.92. The highest BCUT2D eigenvalue weighted by molar-refractivity contribution is 7.97. The highest BCUT2D eigenvalue weighted by Crippen LogP contribution is 2.24. The van der Waals surface area contributed by atoms with Crippen LogP contribution in [0.2, 0.25) is 0 Å². The highest BCUT2D eigenvalue weighted by atomic mass is 32.2. The second kappa shape index (κ2) is 6.58. The van der Waals surface area contributed by atoms with E-state index in [1.54, 1.807) is 23.9 Å². The average molecular weight is 310 g/mol. The number of thioether (sulfide) groups is 1. The standard InChI is InChI=1S/C17H14N2O2S/c20-19(21)16-7-5-13(6-8-16)11-22-12-15-10-18-9-14-3-1-2-4-17(14)15/h1-10H,11-12H2. The van der Waals surface area contributed by atoms with E-state index in [2.05, 4.69) is 17.1 Å². The molecule has 4 nitrogen and oxygen atoms in total. The quantitative estimate of drug-likeness (QED) is 0.511. The Bertz CT molecular complexity index is 798. The zero-order chi connectivity index (χ0) is 15.4. The lowest BCUT2D eigenvalue weighted by Gasteiger charge is -2.06. The minimum atomic E-state index is -0.376. The number of benzene rings is 2. The third-order valence-electron chi connectivity index (χ3n) is 3.42. The van der Waals surface area contributed by atoms with Crippen LogP contribution in [0.25, 0.3) is 10.8 Å². The molecular weight excluding hydrogens is 296 g/mol. The fourth-order valence-corrected chi connectivity index (χ4v) is 3.27. The van der Waals surface area contributed by atoms with E-state index >= 15 is 0 Å². The van der Waals surface area contributed by atoms with Gasteiger partial charge < -0.3 is 0 Å². The van der Waals surface area contributed by atoms with Crippen molar-refractivity contribution in [3.8, 4) is 0 Å². The van der Waals surface area contributed by atoms with Crippen molar-refractivity contribution in [3.05, 3.63) is 82.2 Å². The topological polar surface area (TPSA) is 56.0 Å². The van der Waals surface area contributed by atoms with Crippen LogP contribution in [0.1, 0.15) is 11.1 Å². The van der Waals surface area contributed by atoms with Gasteiger partial charge in [-0.05, 0) is 16.5 Å². The lowest BCUT2D eigenvalue weighted by molar-refractivity contribution is -0.384. The third-order valence-corrected chi connectivity index (χ3v) is 4.48. The molecule has 110 valence electrons. The largest absolute Gasteiger partial charge is 0.269 e. The molecule has 0 spiro atoms. The molecule has 0 fully saturated rings. The van der Waals surface area contributed by atoms with Gasteiger partial charge in [-0.1, -0.05) is 36.4 Å². The summed E-state index contributed by atoms with van der Waals surface area (Å²) in [7, 11) is 0. The van der Waals surface area contributed by atoms with Gasteiger partial charge in [0.1, 0.15) is 0 Å². The molecule has 1 aromatic heterocycles. The summed E-state index contributed by atoms with van der Waals surface area (Å²) in [6.45, 7) is 0. The summed E-state index contributed by atoms with van der Waals surface area (Å²) >= 11 is 1.78. The van der Waals surface area contributed by atoms with Crippen molar-refractivity contribution in [3.63, 3.8) is 0 Å². The second-order valence-electron chi connectivity index (χ2n) is 4.94. The van der Waals surface area contributed by atoms with Gasteiger partial charge in [-0.2, -0.15) is 11.8 Å². The molecule has 0 saturated heterocycles. The molecule has 0 amide bonds. The number of aromatic nitrogens is 1. The molecule has 0 radical (unpaired) electrons. The molecule has 0 saturated carbocycles. The molecule has 0 aliphatic carbocycles. The molecule has 22 heavy (non-hydrogen) atoms. The monoisotopic (exact) mass is 310 g/mol. The van der Waals surface area contributed by atoms with Gasteiger partial charge in [-0.15, -0.1) is 0 Å². The number of rotatable bonds is 5. The predicted molar refractivity (Wildman–Crippen MR) is 89.8 cm³/mol. The Morgan fingerprint density at radius 1 is 1.00 bits per heavy atom. The van der Waals surface area contributed by atoms with E-state index in [1.165, 1.54) is 10.9 Å². The molecule has 3 aromatic rings. The third kappa shape index (κ3) is 3.26. The Morgan fingerprint density at radius 2 is 1.77 bits per heavy atom. The van der Waals surface area contributed by atoms with Crippen LogP contribution < -0.4 is 0 Å². The van der Waals surface area contributed by atoms with Gasteiger partial charge in [0.25, 0.3) is 5.69 Å². The van der Waals surface area contributed by atoms with Crippen molar-refractivity contribution in [2.75, 3.05) is 0 Å². The fraction of sp³-hybridized carbons (Fsp3) is 0.118. The number of hydrogen-bond acceptors (Lipinski definition) is 4. The summed E-state index contributed by atoms with van der Waals surface area (Å²) in [5.74, 6) is 1.69. The Labute approximate surface area is 132 Å². The van der Waals surface area contributed by atoms with Crippen molar-refractivity contribution < 1.29 is 4.92 Å². The van der Waals surface area contributed by atoms with Gasteiger partial charge in [0.2, 0.25) is 0 Å². The molecular formula is C17H14N2O2S.